The fourth-order valence-electron chi connectivity index (χ4n) is 1.14. The Morgan fingerprint density at radius 1 is 1.47 bits per heavy atom. The minimum Gasteiger partial charge on any atom is -0.468 e. The SMILES string of the molecule is CCC(CN)CC(=O)N(C)CC(=O)OC. The van der Waals surface area contributed by atoms with E-state index < -0.39 is 5.97 Å². The predicted octanol–water partition coefficient (Wildman–Crippen LogP) is -0.00720. The Bertz CT molecular complexity index is 215. The second-order valence-electron chi connectivity index (χ2n) is 3.54. The van der Waals surface area contributed by atoms with Crippen LogP contribution in [0.4, 0.5) is 0 Å². The summed E-state index contributed by atoms with van der Waals surface area (Å²) in [7, 11) is 2.89. The molecule has 1 atom stereocenters. The Balaban J connectivity index is 4.03. The van der Waals surface area contributed by atoms with Crippen molar-refractivity contribution in [2.75, 3.05) is 27.2 Å². The first kappa shape index (κ1) is 13.9. The van der Waals surface area contributed by atoms with Crippen molar-refractivity contribution in [3.05, 3.63) is 0 Å². The van der Waals surface area contributed by atoms with Crippen LogP contribution in [-0.4, -0.2) is 44.0 Å². The molecule has 0 spiro atoms. The van der Waals surface area contributed by atoms with Gasteiger partial charge in [-0.3, -0.25) is 9.59 Å². The lowest BCUT2D eigenvalue weighted by Gasteiger charge is -2.18. The van der Waals surface area contributed by atoms with Crippen LogP contribution < -0.4 is 5.73 Å². The molecule has 0 aromatic heterocycles. The van der Waals surface area contributed by atoms with Crippen LogP contribution in [0.5, 0.6) is 0 Å². The van der Waals surface area contributed by atoms with Gasteiger partial charge in [0, 0.05) is 13.5 Å². The minimum atomic E-state index is -0.411. The predicted molar refractivity (Wildman–Crippen MR) is 57.1 cm³/mol. The lowest BCUT2D eigenvalue weighted by atomic mass is 10.0. The highest BCUT2D eigenvalue weighted by molar-refractivity contribution is 5.81. The van der Waals surface area contributed by atoms with Gasteiger partial charge in [-0.1, -0.05) is 13.3 Å². The molecule has 2 N–H and O–H groups in total. The summed E-state index contributed by atoms with van der Waals surface area (Å²) in [4.78, 5) is 23.9. The number of nitrogens with two attached hydrogens (primary N) is 1. The normalized spacial score (nSPS) is 12.0. The number of likely N-dealkylation sites (N-methyl/N-ethyl adjacent to an activating group) is 1. The van der Waals surface area contributed by atoms with Crippen LogP contribution in [0, 0.1) is 5.92 Å². The molecule has 0 heterocycles. The van der Waals surface area contributed by atoms with E-state index in [0.29, 0.717) is 13.0 Å². The van der Waals surface area contributed by atoms with E-state index in [-0.39, 0.29) is 18.4 Å². The summed E-state index contributed by atoms with van der Waals surface area (Å²) >= 11 is 0. The van der Waals surface area contributed by atoms with Crippen molar-refractivity contribution in [2.45, 2.75) is 19.8 Å². The van der Waals surface area contributed by atoms with Crippen LogP contribution in [0.3, 0.4) is 0 Å². The van der Waals surface area contributed by atoms with Gasteiger partial charge < -0.3 is 15.4 Å². The van der Waals surface area contributed by atoms with E-state index in [1.807, 2.05) is 6.92 Å². The molecule has 88 valence electrons. The van der Waals surface area contributed by atoms with Crippen LogP contribution in [0.15, 0.2) is 0 Å². The Morgan fingerprint density at radius 3 is 2.47 bits per heavy atom. The smallest absolute Gasteiger partial charge is 0.325 e. The largest absolute Gasteiger partial charge is 0.468 e. The number of esters is 1. The zero-order valence-corrected chi connectivity index (χ0v) is 9.66. The van der Waals surface area contributed by atoms with Crippen molar-refractivity contribution >= 4 is 11.9 Å². The summed E-state index contributed by atoms with van der Waals surface area (Å²) in [6.07, 6.45) is 1.26. The number of hydrogen-bond donors (Lipinski definition) is 1. The number of nitrogens with zero attached hydrogens (tertiary/aromatic N) is 1. The van der Waals surface area contributed by atoms with E-state index in [0.717, 1.165) is 6.42 Å². The molecule has 0 saturated carbocycles. The van der Waals surface area contributed by atoms with Crippen molar-refractivity contribution in [1.82, 2.24) is 4.90 Å². The zero-order chi connectivity index (χ0) is 11.8. The van der Waals surface area contributed by atoms with Gasteiger partial charge in [0.25, 0.3) is 0 Å². The number of carbonyl (C=O) groups excluding carboxylic acids is 2. The highest BCUT2D eigenvalue weighted by atomic mass is 16.5. The van der Waals surface area contributed by atoms with Crippen molar-refractivity contribution in [3.63, 3.8) is 0 Å². The molecule has 0 bridgehead atoms. The van der Waals surface area contributed by atoms with Gasteiger partial charge in [-0.15, -0.1) is 0 Å². The molecule has 0 aromatic rings. The molecule has 0 saturated heterocycles. The van der Waals surface area contributed by atoms with Gasteiger partial charge in [0.1, 0.15) is 6.54 Å². The average molecular weight is 216 g/mol. The second-order valence-corrected chi connectivity index (χ2v) is 3.54. The first-order valence-corrected chi connectivity index (χ1v) is 5.05. The van der Waals surface area contributed by atoms with Crippen molar-refractivity contribution in [2.24, 2.45) is 11.7 Å². The molecule has 0 aromatic carbocycles. The van der Waals surface area contributed by atoms with Crippen LogP contribution in [0.2, 0.25) is 0 Å². The average Bonchev–Trinajstić information content (AvgIpc) is 2.24. The van der Waals surface area contributed by atoms with Crippen molar-refractivity contribution in [1.29, 1.82) is 0 Å². The van der Waals surface area contributed by atoms with Gasteiger partial charge in [0.2, 0.25) is 5.91 Å². The number of ether oxygens (including phenoxy) is 1. The third-order valence-electron chi connectivity index (χ3n) is 2.39. The summed E-state index contributed by atoms with van der Waals surface area (Å²) < 4.78 is 4.47. The summed E-state index contributed by atoms with van der Waals surface area (Å²) in [5.74, 6) is -0.290. The molecule has 5 nitrogen and oxygen atoms in total. The lowest BCUT2D eigenvalue weighted by Crippen LogP contribution is -2.34. The van der Waals surface area contributed by atoms with E-state index in [9.17, 15) is 9.59 Å². The molecule has 0 fully saturated rings. The summed E-state index contributed by atoms with van der Waals surface area (Å²) in [5, 5.41) is 0. The Morgan fingerprint density at radius 2 is 2.07 bits per heavy atom. The van der Waals surface area contributed by atoms with Gasteiger partial charge >= 0.3 is 5.97 Å². The first-order valence-electron chi connectivity index (χ1n) is 5.05. The van der Waals surface area contributed by atoms with Gasteiger partial charge in [-0.05, 0) is 12.5 Å². The highest BCUT2D eigenvalue weighted by Crippen LogP contribution is 2.07. The minimum absolute atomic E-state index is 0.00363. The topological polar surface area (TPSA) is 72.6 Å². The molecule has 1 unspecified atom stereocenters. The maximum atomic E-state index is 11.6. The molecule has 0 aliphatic carbocycles. The van der Waals surface area contributed by atoms with Crippen LogP contribution >= 0.6 is 0 Å². The molecule has 0 radical (unpaired) electrons. The van der Waals surface area contributed by atoms with Crippen molar-refractivity contribution in [3.8, 4) is 0 Å². The molecular formula is C10H20N2O3. The standard InChI is InChI=1S/C10H20N2O3/c1-4-8(6-11)5-9(13)12(2)7-10(14)15-3/h8H,4-7,11H2,1-3H3. The van der Waals surface area contributed by atoms with E-state index in [1.165, 1.54) is 12.0 Å². The Hall–Kier alpha value is -1.10. The van der Waals surface area contributed by atoms with Gasteiger partial charge in [0.15, 0.2) is 0 Å². The molecule has 0 aliphatic rings. The first-order chi connectivity index (χ1) is 7.04. The van der Waals surface area contributed by atoms with E-state index in [4.69, 9.17) is 5.73 Å². The molecular weight excluding hydrogens is 196 g/mol. The zero-order valence-electron chi connectivity index (χ0n) is 9.66. The number of methoxy groups -OCH3 is 1. The van der Waals surface area contributed by atoms with Crippen LogP contribution in [0.25, 0.3) is 0 Å². The molecule has 0 aliphatic heterocycles. The van der Waals surface area contributed by atoms with Crippen LogP contribution in [0.1, 0.15) is 19.8 Å². The van der Waals surface area contributed by atoms with Gasteiger partial charge in [-0.25, -0.2) is 0 Å². The van der Waals surface area contributed by atoms with Gasteiger partial charge in [-0.2, -0.15) is 0 Å². The fourth-order valence-corrected chi connectivity index (χ4v) is 1.14. The van der Waals surface area contributed by atoms with E-state index >= 15 is 0 Å². The maximum absolute atomic E-state index is 11.6. The Kier molecular flexibility index (Phi) is 6.70. The second kappa shape index (κ2) is 7.23. The fraction of sp³-hybridized carbons (Fsp3) is 0.800. The molecule has 5 heteroatoms. The number of rotatable bonds is 6. The summed E-state index contributed by atoms with van der Waals surface area (Å²) in [6.45, 7) is 2.48. The molecule has 0 rings (SSSR count). The van der Waals surface area contributed by atoms with Crippen molar-refractivity contribution < 1.29 is 14.3 Å². The quantitative estimate of drug-likeness (QED) is 0.634. The van der Waals surface area contributed by atoms with Gasteiger partial charge in [0.05, 0.1) is 7.11 Å². The third-order valence-corrected chi connectivity index (χ3v) is 2.39. The third kappa shape index (κ3) is 5.37. The maximum Gasteiger partial charge on any atom is 0.325 e. The van der Waals surface area contributed by atoms with E-state index in [2.05, 4.69) is 4.74 Å². The monoisotopic (exact) mass is 216 g/mol. The molecule has 15 heavy (non-hydrogen) atoms. The Labute approximate surface area is 90.6 Å². The lowest BCUT2D eigenvalue weighted by molar-refractivity contribution is -0.146. The number of amides is 1. The van der Waals surface area contributed by atoms with E-state index in [1.54, 1.807) is 7.05 Å². The highest BCUT2D eigenvalue weighted by Gasteiger charge is 2.16. The number of carbonyl (C=O) groups is 2. The van der Waals surface area contributed by atoms with Crippen LogP contribution in [-0.2, 0) is 14.3 Å². The summed E-state index contributed by atoms with van der Waals surface area (Å²) in [6, 6.07) is 0. The molecule has 1 amide bonds. The number of hydrogen-bond acceptors (Lipinski definition) is 4. The summed E-state index contributed by atoms with van der Waals surface area (Å²) in [5.41, 5.74) is 5.50.